The van der Waals surface area contributed by atoms with Crippen molar-refractivity contribution in [2.75, 3.05) is 48.7 Å². The van der Waals surface area contributed by atoms with Crippen LogP contribution >= 0.6 is 11.3 Å². The fourth-order valence-corrected chi connectivity index (χ4v) is 4.89. The molecule has 3 N–H and O–H groups in total. The van der Waals surface area contributed by atoms with Crippen molar-refractivity contribution in [2.45, 2.75) is 31.7 Å². The molecule has 1 saturated heterocycles. The van der Waals surface area contributed by atoms with Gasteiger partial charge in [0, 0.05) is 38.8 Å². The number of nitrogens with two attached hydrogens (primary N) is 1. The van der Waals surface area contributed by atoms with E-state index in [1.165, 1.54) is 30.6 Å². The van der Waals surface area contributed by atoms with E-state index in [1.807, 2.05) is 12.1 Å². The molecule has 8 heteroatoms. The summed E-state index contributed by atoms with van der Waals surface area (Å²) < 4.78 is 14.0. The van der Waals surface area contributed by atoms with Gasteiger partial charge in [0.1, 0.15) is 5.82 Å². The third kappa shape index (κ3) is 4.68. The lowest BCUT2D eigenvalue weighted by Gasteiger charge is -2.39. The number of para-hydroxylation sites is 1. The van der Waals surface area contributed by atoms with Crippen molar-refractivity contribution in [1.82, 2.24) is 15.1 Å². The van der Waals surface area contributed by atoms with E-state index in [1.54, 1.807) is 12.1 Å². The van der Waals surface area contributed by atoms with Crippen molar-refractivity contribution < 1.29 is 4.39 Å². The molecule has 2 fully saturated rings. The maximum Gasteiger partial charge on any atom is 0.207 e. The van der Waals surface area contributed by atoms with E-state index in [4.69, 9.17) is 5.73 Å². The molecule has 0 radical (unpaired) electrons. The Morgan fingerprint density at radius 2 is 1.96 bits per heavy atom. The van der Waals surface area contributed by atoms with E-state index in [2.05, 4.69) is 25.3 Å². The third-order valence-electron chi connectivity index (χ3n) is 5.63. The van der Waals surface area contributed by atoms with Crippen LogP contribution in [0.4, 0.5) is 20.3 Å². The first-order chi connectivity index (χ1) is 13.2. The summed E-state index contributed by atoms with van der Waals surface area (Å²) in [7, 11) is 0. The van der Waals surface area contributed by atoms with Gasteiger partial charge in [0.25, 0.3) is 0 Å². The van der Waals surface area contributed by atoms with Crippen molar-refractivity contribution in [3.05, 3.63) is 30.1 Å². The van der Waals surface area contributed by atoms with E-state index >= 15 is 0 Å². The number of nitrogen functional groups attached to an aromatic ring is 1. The second-order valence-corrected chi connectivity index (χ2v) is 8.57. The summed E-state index contributed by atoms with van der Waals surface area (Å²) in [6.45, 7) is 4.89. The Bertz CT molecular complexity index is 745. The van der Waals surface area contributed by atoms with Crippen LogP contribution in [-0.4, -0.2) is 53.9 Å². The van der Waals surface area contributed by atoms with Gasteiger partial charge < -0.3 is 16.0 Å². The lowest BCUT2D eigenvalue weighted by molar-refractivity contribution is 0.187. The SMILES string of the molecule is Nc1nnc(N[C@H]2CCC[C@@H](CN3CCN(c4ccccc4F)CC3)C2)s1. The molecule has 2 aliphatic rings. The molecule has 1 aromatic heterocycles. The first kappa shape index (κ1) is 18.4. The van der Waals surface area contributed by atoms with Crippen LogP contribution in [0.2, 0.25) is 0 Å². The van der Waals surface area contributed by atoms with Crippen molar-refractivity contribution >= 4 is 27.3 Å². The number of aromatic nitrogens is 2. The molecular formula is C19H27FN6S. The second-order valence-electron chi connectivity index (χ2n) is 7.56. The zero-order chi connectivity index (χ0) is 18.6. The van der Waals surface area contributed by atoms with Crippen molar-refractivity contribution in [3.63, 3.8) is 0 Å². The molecule has 0 bridgehead atoms. The van der Waals surface area contributed by atoms with Gasteiger partial charge in [-0.15, -0.1) is 10.2 Å². The van der Waals surface area contributed by atoms with Gasteiger partial charge in [-0.05, 0) is 37.3 Å². The molecule has 1 aromatic carbocycles. The van der Waals surface area contributed by atoms with Crippen LogP contribution in [0, 0.1) is 11.7 Å². The average molecular weight is 391 g/mol. The number of rotatable bonds is 5. The Hall–Kier alpha value is -1.93. The average Bonchev–Trinajstić information content (AvgIpc) is 3.08. The summed E-state index contributed by atoms with van der Waals surface area (Å²) in [5, 5.41) is 12.8. The molecule has 27 heavy (non-hydrogen) atoms. The molecule has 4 rings (SSSR count). The van der Waals surface area contributed by atoms with Crippen molar-refractivity contribution in [3.8, 4) is 0 Å². The zero-order valence-corrected chi connectivity index (χ0v) is 16.3. The Morgan fingerprint density at radius 1 is 1.15 bits per heavy atom. The maximum absolute atomic E-state index is 14.0. The van der Waals surface area contributed by atoms with Gasteiger partial charge in [0.05, 0.1) is 5.69 Å². The number of hydrogen-bond donors (Lipinski definition) is 2. The van der Waals surface area contributed by atoms with E-state index in [0.29, 0.717) is 17.1 Å². The van der Waals surface area contributed by atoms with E-state index in [9.17, 15) is 4.39 Å². The molecule has 2 aromatic rings. The minimum atomic E-state index is -0.121. The number of nitrogens with one attached hydrogen (secondary N) is 1. The lowest BCUT2D eigenvalue weighted by Crippen LogP contribution is -2.48. The standard InChI is InChI=1S/C19H27FN6S/c20-16-6-1-2-7-17(16)26-10-8-25(9-11-26)13-14-4-3-5-15(12-14)22-19-24-23-18(21)27-19/h1-2,6-7,14-15H,3-5,8-13H2,(H2,21,23)(H,22,24)/t14-,15+/m1/s1. The fraction of sp³-hybridized carbons (Fsp3) is 0.579. The van der Waals surface area contributed by atoms with E-state index in [-0.39, 0.29) is 5.82 Å². The molecule has 1 aliphatic carbocycles. The maximum atomic E-state index is 14.0. The molecule has 6 nitrogen and oxygen atoms in total. The minimum absolute atomic E-state index is 0.121. The highest BCUT2D eigenvalue weighted by Gasteiger charge is 2.26. The molecule has 1 saturated carbocycles. The van der Waals surface area contributed by atoms with Crippen LogP contribution in [0.25, 0.3) is 0 Å². The summed E-state index contributed by atoms with van der Waals surface area (Å²) in [6, 6.07) is 7.53. The highest BCUT2D eigenvalue weighted by Crippen LogP contribution is 2.29. The Labute approximate surface area is 163 Å². The fourth-order valence-electron chi connectivity index (χ4n) is 4.30. The zero-order valence-electron chi connectivity index (χ0n) is 15.5. The third-order valence-corrected chi connectivity index (χ3v) is 6.32. The topological polar surface area (TPSA) is 70.3 Å². The van der Waals surface area contributed by atoms with Gasteiger partial charge in [0.15, 0.2) is 0 Å². The van der Waals surface area contributed by atoms with Crippen LogP contribution in [0.5, 0.6) is 0 Å². The highest BCUT2D eigenvalue weighted by molar-refractivity contribution is 7.18. The highest BCUT2D eigenvalue weighted by atomic mass is 32.1. The quantitative estimate of drug-likeness (QED) is 0.818. The van der Waals surface area contributed by atoms with Crippen LogP contribution in [-0.2, 0) is 0 Å². The second kappa shape index (κ2) is 8.39. The van der Waals surface area contributed by atoms with Crippen LogP contribution in [0.15, 0.2) is 24.3 Å². The molecule has 2 heterocycles. The van der Waals surface area contributed by atoms with Crippen LogP contribution in [0.3, 0.4) is 0 Å². The summed E-state index contributed by atoms with van der Waals surface area (Å²) in [5.74, 6) is 0.575. The molecule has 2 atom stereocenters. The molecule has 1 aliphatic heterocycles. The van der Waals surface area contributed by atoms with Crippen molar-refractivity contribution in [1.29, 1.82) is 0 Å². The van der Waals surface area contributed by atoms with Crippen molar-refractivity contribution in [2.24, 2.45) is 5.92 Å². The first-order valence-electron chi connectivity index (χ1n) is 9.75. The van der Waals surface area contributed by atoms with Gasteiger partial charge in [0.2, 0.25) is 10.3 Å². The molecule has 0 amide bonds. The van der Waals surface area contributed by atoms with Gasteiger partial charge in [-0.3, -0.25) is 4.90 Å². The summed E-state index contributed by atoms with van der Waals surface area (Å²) in [4.78, 5) is 4.70. The summed E-state index contributed by atoms with van der Waals surface area (Å²) in [5.41, 5.74) is 6.40. The number of halogens is 1. The monoisotopic (exact) mass is 390 g/mol. The lowest BCUT2D eigenvalue weighted by atomic mass is 9.85. The predicted octanol–water partition coefficient (Wildman–Crippen LogP) is 3.05. The predicted molar refractivity (Wildman–Crippen MR) is 109 cm³/mol. The molecular weight excluding hydrogens is 363 g/mol. The molecule has 0 unspecified atom stereocenters. The smallest absolute Gasteiger partial charge is 0.207 e. The summed E-state index contributed by atoms with van der Waals surface area (Å²) in [6.07, 6.45) is 4.86. The number of piperazine rings is 1. The normalized spacial score (nSPS) is 24.1. The largest absolute Gasteiger partial charge is 0.374 e. The van der Waals surface area contributed by atoms with Crippen LogP contribution in [0.1, 0.15) is 25.7 Å². The Kier molecular flexibility index (Phi) is 5.73. The van der Waals surface area contributed by atoms with E-state index < -0.39 is 0 Å². The minimum Gasteiger partial charge on any atom is -0.374 e. The number of nitrogens with zero attached hydrogens (tertiary/aromatic N) is 4. The molecule has 0 spiro atoms. The van der Waals surface area contributed by atoms with Gasteiger partial charge in [-0.25, -0.2) is 4.39 Å². The van der Waals surface area contributed by atoms with E-state index in [0.717, 1.165) is 50.0 Å². The van der Waals surface area contributed by atoms with Gasteiger partial charge >= 0.3 is 0 Å². The van der Waals surface area contributed by atoms with Crippen LogP contribution < -0.4 is 16.0 Å². The van der Waals surface area contributed by atoms with Gasteiger partial charge in [-0.2, -0.15) is 0 Å². The van der Waals surface area contributed by atoms with Gasteiger partial charge in [-0.1, -0.05) is 29.9 Å². The summed E-state index contributed by atoms with van der Waals surface area (Å²) >= 11 is 1.42. The molecule has 146 valence electrons. The Morgan fingerprint density at radius 3 is 2.70 bits per heavy atom. The number of hydrogen-bond acceptors (Lipinski definition) is 7. The first-order valence-corrected chi connectivity index (χ1v) is 10.6. The number of anilines is 3. The number of benzene rings is 1. The Balaban J connectivity index is 1.25.